The number of carbonyl (C=O) groups excluding carboxylic acids is 2. The number of piperidine rings is 1. The van der Waals surface area contributed by atoms with Gasteiger partial charge in [-0.15, -0.1) is 0 Å². The molecule has 0 radical (unpaired) electrons. The smallest absolute Gasteiger partial charge is 0.260 e. The molecule has 1 unspecified atom stereocenters. The number of nitrogens with zero attached hydrogens (tertiary/aromatic N) is 1. The molecule has 0 spiro atoms. The molecule has 6 heteroatoms. The van der Waals surface area contributed by atoms with E-state index in [0.29, 0.717) is 5.75 Å². The zero-order valence-electron chi connectivity index (χ0n) is 13.7. The lowest BCUT2D eigenvalue weighted by Crippen LogP contribution is -2.45. The van der Waals surface area contributed by atoms with E-state index >= 15 is 0 Å². The molecule has 1 aromatic carbocycles. The Morgan fingerprint density at radius 2 is 2.13 bits per heavy atom. The molecule has 0 aliphatic carbocycles. The van der Waals surface area contributed by atoms with E-state index in [2.05, 4.69) is 6.92 Å². The Labute approximate surface area is 136 Å². The Bertz CT molecular complexity index is 574. The molecule has 2 rings (SSSR count). The number of carbonyl (C=O) groups is 2. The molecule has 1 heterocycles. The number of amides is 2. The van der Waals surface area contributed by atoms with Gasteiger partial charge in [0.2, 0.25) is 0 Å². The Morgan fingerprint density at radius 3 is 2.78 bits per heavy atom. The normalized spacial score (nSPS) is 17.7. The summed E-state index contributed by atoms with van der Waals surface area (Å²) in [5.41, 5.74) is 5.58. The average Bonchev–Trinajstić information content (AvgIpc) is 2.59. The zero-order chi connectivity index (χ0) is 16.8. The number of benzene rings is 1. The number of rotatable bonds is 6. The van der Waals surface area contributed by atoms with Crippen LogP contribution in [0.25, 0.3) is 0 Å². The zero-order valence-corrected chi connectivity index (χ0v) is 13.7. The number of ether oxygens (including phenoxy) is 2. The van der Waals surface area contributed by atoms with Crippen LogP contribution in [0.15, 0.2) is 18.2 Å². The summed E-state index contributed by atoms with van der Waals surface area (Å²) in [7, 11) is 1.52. The fraction of sp³-hybridized carbons (Fsp3) is 0.529. The second-order valence-electron chi connectivity index (χ2n) is 5.66. The minimum Gasteiger partial charge on any atom is -0.497 e. The lowest BCUT2D eigenvalue weighted by Gasteiger charge is -2.35. The van der Waals surface area contributed by atoms with Crippen molar-refractivity contribution in [3.8, 4) is 11.5 Å². The second-order valence-corrected chi connectivity index (χ2v) is 5.66. The summed E-state index contributed by atoms with van der Waals surface area (Å²) < 4.78 is 10.7. The van der Waals surface area contributed by atoms with Crippen molar-refractivity contribution in [3.63, 3.8) is 0 Å². The highest BCUT2D eigenvalue weighted by atomic mass is 16.5. The maximum atomic E-state index is 12.4. The molecule has 0 saturated carbocycles. The van der Waals surface area contributed by atoms with Crippen LogP contribution in [0.3, 0.4) is 0 Å². The second kappa shape index (κ2) is 7.85. The van der Waals surface area contributed by atoms with Gasteiger partial charge in [-0.25, -0.2) is 0 Å². The van der Waals surface area contributed by atoms with Crippen molar-refractivity contribution >= 4 is 11.8 Å². The van der Waals surface area contributed by atoms with Gasteiger partial charge in [0.15, 0.2) is 6.61 Å². The van der Waals surface area contributed by atoms with Gasteiger partial charge in [-0.05, 0) is 37.8 Å². The van der Waals surface area contributed by atoms with Crippen molar-refractivity contribution in [1.29, 1.82) is 0 Å². The van der Waals surface area contributed by atoms with Gasteiger partial charge >= 0.3 is 0 Å². The Balaban J connectivity index is 2.07. The third-order valence-corrected chi connectivity index (χ3v) is 4.22. The maximum absolute atomic E-state index is 12.4. The van der Waals surface area contributed by atoms with Crippen LogP contribution in [0.4, 0.5) is 0 Å². The van der Waals surface area contributed by atoms with Gasteiger partial charge < -0.3 is 20.1 Å². The minimum absolute atomic E-state index is 0.0604. The number of nitrogens with two attached hydrogens (primary N) is 1. The van der Waals surface area contributed by atoms with Gasteiger partial charge in [0, 0.05) is 18.7 Å². The lowest BCUT2D eigenvalue weighted by molar-refractivity contribution is -0.137. The highest BCUT2D eigenvalue weighted by Gasteiger charge is 2.25. The van der Waals surface area contributed by atoms with Crippen LogP contribution in [-0.2, 0) is 4.79 Å². The fourth-order valence-corrected chi connectivity index (χ4v) is 2.93. The number of hydrogen-bond donors (Lipinski definition) is 1. The third kappa shape index (κ3) is 4.15. The van der Waals surface area contributed by atoms with Crippen molar-refractivity contribution in [3.05, 3.63) is 23.8 Å². The van der Waals surface area contributed by atoms with Gasteiger partial charge in [0.05, 0.1) is 12.7 Å². The predicted octanol–water partition coefficient (Wildman–Crippen LogP) is 1.96. The van der Waals surface area contributed by atoms with Crippen molar-refractivity contribution < 1.29 is 19.1 Å². The van der Waals surface area contributed by atoms with Gasteiger partial charge in [-0.2, -0.15) is 0 Å². The Morgan fingerprint density at radius 1 is 1.35 bits per heavy atom. The van der Waals surface area contributed by atoms with E-state index in [1.165, 1.54) is 13.2 Å². The molecule has 1 atom stereocenters. The molecule has 2 N–H and O–H groups in total. The van der Waals surface area contributed by atoms with Gasteiger partial charge in [0.25, 0.3) is 11.8 Å². The molecule has 1 aromatic rings. The van der Waals surface area contributed by atoms with Gasteiger partial charge in [0.1, 0.15) is 11.5 Å². The van der Waals surface area contributed by atoms with Crippen LogP contribution in [0.2, 0.25) is 0 Å². The molecule has 1 fully saturated rings. The van der Waals surface area contributed by atoms with Crippen LogP contribution in [-0.4, -0.2) is 43.0 Å². The van der Waals surface area contributed by atoms with Crippen molar-refractivity contribution in [2.45, 2.75) is 38.6 Å². The largest absolute Gasteiger partial charge is 0.497 e. The summed E-state index contributed by atoms with van der Waals surface area (Å²) in [5.74, 6) is 0.159. The van der Waals surface area contributed by atoms with Gasteiger partial charge in [-0.1, -0.05) is 6.92 Å². The van der Waals surface area contributed by atoms with E-state index in [0.717, 1.165) is 32.2 Å². The summed E-state index contributed by atoms with van der Waals surface area (Å²) in [6, 6.07) is 5.02. The molecular weight excluding hydrogens is 296 g/mol. The highest BCUT2D eigenvalue weighted by Crippen LogP contribution is 2.25. The highest BCUT2D eigenvalue weighted by molar-refractivity contribution is 5.96. The van der Waals surface area contributed by atoms with E-state index in [-0.39, 0.29) is 29.9 Å². The quantitative estimate of drug-likeness (QED) is 0.868. The molecule has 1 saturated heterocycles. The molecule has 0 aromatic heterocycles. The van der Waals surface area contributed by atoms with Crippen LogP contribution >= 0.6 is 0 Å². The maximum Gasteiger partial charge on any atom is 0.260 e. The number of primary amides is 1. The number of likely N-dealkylation sites (tertiary alicyclic amines) is 1. The first kappa shape index (κ1) is 17.1. The van der Waals surface area contributed by atoms with E-state index in [4.69, 9.17) is 15.2 Å². The number of hydrogen-bond acceptors (Lipinski definition) is 4. The molecule has 6 nitrogen and oxygen atoms in total. The Hall–Kier alpha value is -2.24. The summed E-state index contributed by atoms with van der Waals surface area (Å²) in [6.45, 7) is 2.75. The predicted molar refractivity (Wildman–Crippen MR) is 86.6 cm³/mol. The summed E-state index contributed by atoms with van der Waals surface area (Å²) in [5, 5.41) is 0. The summed E-state index contributed by atoms with van der Waals surface area (Å²) in [4.78, 5) is 25.8. The first-order chi connectivity index (χ1) is 11.1. The molecule has 0 bridgehead atoms. The standard InChI is InChI=1S/C17H24N2O4/c1-3-12-6-4-5-9-19(12)16(20)11-23-15-10-13(22-2)7-8-14(15)17(18)21/h7-8,10,12H,3-6,9,11H2,1-2H3,(H2,18,21). The van der Waals surface area contributed by atoms with Crippen LogP contribution in [0.5, 0.6) is 11.5 Å². The average molecular weight is 320 g/mol. The van der Waals surface area contributed by atoms with E-state index < -0.39 is 5.91 Å². The SMILES string of the molecule is CCC1CCCCN1C(=O)COc1cc(OC)ccc1C(N)=O. The monoisotopic (exact) mass is 320 g/mol. The van der Waals surface area contributed by atoms with E-state index in [9.17, 15) is 9.59 Å². The van der Waals surface area contributed by atoms with Crippen molar-refractivity contribution in [2.75, 3.05) is 20.3 Å². The lowest BCUT2D eigenvalue weighted by atomic mass is 10.00. The molecule has 1 aliphatic rings. The molecule has 2 amide bonds. The van der Waals surface area contributed by atoms with Crippen LogP contribution < -0.4 is 15.2 Å². The fourth-order valence-electron chi connectivity index (χ4n) is 2.93. The van der Waals surface area contributed by atoms with Crippen LogP contribution in [0, 0.1) is 0 Å². The molecule has 23 heavy (non-hydrogen) atoms. The van der Waals surface area contributed by atoms with Crippen molar-refractivity contribution in [2.24, 2.45) is 5.73 Å². The van der Waals surface area contributed by atoms with Crippen molar-refractivity contribution in [1.82, 2.24) is 4.90 Å². The number of methoxy groups -OCH3 is 1. The topological polar surface area (TPSA) is 81.9 Å². The molecule has 126 valence electrons. The van der Waals surface area contributed by atoms with Crippen LogP contribution in [0.1, 0.15) is 43.0 Å². The Kier molecular flexibility index (Phi) is 5.84. The first-order valence-electron chi connectivity index (χ1n) is 7.97. The first-order valence-corrected chi connectivity index (χ1v) is 7.97. The summed E-state index contributed by atoms with van der Waals surface area (Å²) in [6.07, 6.45) is 4.16. The molecule has 1 aliphatic heterocycles. The third-order valence-electron chi connectivity index (χ3n) is 4.22. The van der Waals surface area contributed by atoms with Gasteiger partial charge in [-0.3, -0.25) is 9.59 Å². The van der Waals surface area contributed by atoms with E-state index in [1.54, 1.807) is 12.1 Å². The molecular formula is C17H24N2O4. The summed E-state index contributed by atoms with van der Waals surface area (Å²) >= 11 is 0. The van der Waals surface area contributed by atoms with E-state index in [1.807, 2.05) is 4.90 Å². The minimum atomic E-state index is -0.598.